The largest absolute Gasteiger partial charge is 0.368 e. The minimum atomic E-state index is -0.221. The third-order valence-electron chi connectivity index (χ3n) is 4.49. The molecule has 138 valence electrons. The van der Waals surface area contributed by atoms with Gasteiger partial charge in [-0.05, 0) is 42.8 Å². The third kappa shape index (κ3) is 4.47. The molecule has 6 nitrogen and oxygen atoms in total. The predicted octanol–water partition coefficient (Wildman–Crippen LogP) is 2.47. The monoisotopic (exact) mass is 357 g/mol. The van der Waals surface area contributed by atoms with E-state index in [0.717, 1.165) is 50.5 Å². The molecule has 7 heteroatoms. The van der Waals surface area contributed by atoms with Crippen LogP contribution in [0, 0.1) is 5.82 Å². The lowest BCUT2D eigenvalue weighted by molar-refractivity contribution is 0.0947. The molecule has 0 unspecified atom stereocenters. The maximum atomic E-state index is 13.0. The number of hydrogen-bond donors (Lipinski definition) is 1. The molecule has 26 heavy (non-hydrogen) atoms. The summed E-state index contributed by atoms with van der Waals surface area (Å²) in [5.74, 6) is 0.369. The lowest BCUT2D eigenvalue weighted by atomic mass is 10.2. The van der Waals surface area contributed by atoms with Crippen LogP contribution in [0.25, 0.3) is 0 Å². The fourth-order valence-corrected chi connectivity index (χ4v) is 2.93. The van der Waals surface area contributed by atoms with Gasteiger partial charge in [-0.25, -0.2) is 4.39 Å². The van der Waals surface area contributed by atoms with Crippen molar-refractivity contribution in [2.75, 3.05) is 42.5 Å². The topological polar surface area (TPSA) is 61.4 Å². The number of carbonyl (C=O) groups is 1. The molecular formula is C19H24FN5O. The third-order valence-corrected chi connectivity index (χ3v) is 4.49. The van der Waals surface area contributed by atoms with Gasteiger partial charge in [0.05, 0.1) is 0 Å². The van der Waals surface area contributed by atoms with Crippen LogP contribution in [0.15, 0.2) is 36.4 Å². The Morgan fingerprint density at radius 3 is 2.35 bits per heavy atom. The van der Waals surface area contributed by atoms with Crippen molar-refractivity contribution in [3.05, 3.63) is 47.9 Å². The maximum absolute atomic E-state index is 13.0. The zero-order valence-electron chi connectivity index (χ0n) is 15.0. The molecule has 0 saturated carbocycles. The van der Waals surface area contributed by atoms with Gasteiger partial charge >= 0.3 is 0 Å². The second-order valence-electron chi connectivity index (χ2n) is 6.34. The Morgan fingerprint density at radius 2 is 1.73 bits per heavy atom. The molecule has 0 spiro atoms. The highest BCUT2D eigenvalue weighted by Crippen LogP contribution is 2.19. The Kier molecular flexibility index (Phi) is 5.99. The Hall–Kier alpha value is -2.70. The van der Waals surface area contributed by atoms with E-state index in [0.29, 0.717) is 12.2 Å². The number of anilines is 2. The van der Waals surface area contributed by atoms with Gasteiger partial charge in [-0.1, -0.05) is 13.3 Å². The van der Waals surface area contributed by atoms with Gasteiger partial charge in [0.1, 0.15) is 5.82 Å². The van der Waals surface area contributed by atoms with E-state index in [1.807, 2.05) is 6.07 Å². The van der Waals surface area contributed by atoms with Crippen molar-refractivity contribution in [1.82, 2.24) is 15.5 Å². The normalized spacial score (nSPS) is 14.4. The fraction of sp³-hybridized carbons (Fsp3) is 0.421. The summed E-state index contributed by atoms with van der Waals surface area (Å²) >= 11 is 0. The summed E-state index contributed by atoms with van der Waals surface area (Å²) < 4.78 is 13.0. The number of carbonyl (C=O) groups excluding carboxylic acids is 1. The van der Waals surface area contributed by atoms with Crippen LogP contribution in [-0.2, 0) is 0 Å². The standard InChI is InChI=1S/C19H24FN5O/c1-2-3-10-21-19(26)17-8-9-18(23-22-17)25-13-11-24(12-14-25)16-6-4-15(20)5-7-16/h4-9H,2-3,10-14H2,1H3,(H,21,26). The van der Waals surface area contributed by atoms with E-state index >= 15 is 0 Å². The summed E-state index contributed by atoms with van der Waals surface area (Å²) in [6, 6.07) is 10.1. The average Bonchev–Trinajstić information content (AvgIpc) is 2.69. The minimum absolute atomic E-state index is 0.182. The van der Waals surface area contributed by atoms with Gasteiger partial charge in [0, 0.05) is 38.4 Å². The fourth-order valence-electron chi connectivity index (χ4n) is 2.93. The highest BCUT2D eigenvalue weighted by Gasteiger charge is 2.19. The molecule has 3 rings (SSSR count). The van der Waals surface area contributed by atoms with Crippen LogP contribution in [0.5, 0.6) is 0 Å². The highest BCUT2D eigenvalue weighted by molar-refractivity contribution is 5.92. The molecule has 0 bridgehead atoms. The van der Waals surface area contributed by atoms with Crippen molar-refractivity contribution in [1.29, 1.82) is 0 Å². The average molecular weight is 357 g/mol. The lowest BCUT2D eigenvalue weighted by Crippen LogP contribution is -2.47. The predicted molar refractivity (Wildman–Crippen MR) is 100 cm³/mol. The van der Waals surface area contributed by atoms with Gasteiger partial charge in [0.2, 0.25) is 0 Å². The quantitative estimate of drug-likeness (QED) is 0.805. The molecular weight excluding hydrogens is 333 g/mol. The van der Waals surface area contributed by atoms with Gasteiger partial charge in [-0.2, -0.15) is 0 Å². The first-order valence-electron chi connectivity index (χ1n) is 9.05. The van der Waals surface area contributed by atoms with Crippen molar-refractivity contribution < 1.29 is 9.18 Å². The molecule has 0 atom stereocenters. The van der Waals surface area contributed by atoms with Gasteiger partial charge in [-0.3, -0.25) is 4.79 Å². The number of nitrogens with zero attached hydrogens (tertiary/aromatic N) is 4. The summed E-state index contributed by atoms with van der Waals surface area (Å²) in [6.07, 6.45) is 1.99. The minimum Gasteiger partial charge on any atom is -0.368 e. The van der Waals surface area contributed by atoms with E-state index in [-0.39, 0.29) is 11.7 Å². The van der Waals surface area contributed by atoms with Crippen molar-refractivity contribution in [2.24, 2.45) is 0 Å². The van der Waals surface area contributed by atoms with Crippen molar-refractivity contribution in [2.45, 2.75) is 19.8 Å². The SMILES string of the molecule is CCCCNC(=O)c1ccc(N2CCN(c3ccc(F)cc3)CC2)nn1. The van der Waals surface area contributed by atoms with E-state index in [4.69, 9.17) is 0 Å². The second kappa shape index (κ2) is 8.60. The zero-order valence-corrected chi connectivity index (χ0v) is 15.0. The number of halogens is 1. The number of piperazine rings is 1. The molecule has 1 aromatic heterocycles. The van der Waals surface area contributed by atoms with Crippen LogP contribution in [0.4, 0.5) is 15.9 Å². The lowest BCUT2D eigenvalue weighted by Gasteiger charge is -2.36. The van der Waals surface area contributed by atoms with Gasteiger partial charge in [0.25, 0.3) is 5.91 Å². The molecule has 1 aromatic carbocycles. The van der Waals surface area contributed by atoms with Gasteiger partial charge in [-0.15, -0.1) is 10.2 Å². The molecule has 0 radical (unpaired) electrons. The Balaban J connectivity index is 1.54. The van der Waals surface area contributed by atoms with E-state index in [9.17, 15) is 9.18 Å². The molecule has 1 N–H and O–H groups in total. The second-order valence-corrected chi connectivity index (χ2v) is 6.34. The van der Waals surface area contributed by atoms with E-state index < -0.39 is 0 Å². The Labute approximate surface area is 153 Å². The molecule has 0 aliphatic carbocycles. The number of benzene rings is 1. The first-order chi connectivity index (χ1) is 12.7. The van der Waals surface area contributed by atoms with Crippen LogP contribution in [0.3, 0.4) is 0 Å². The van der Waals surface area contributed by atoms with Crippen molar-refractivity contribution in [3.63, 3.8) is 0 Å². The van der Waals surface area contributed by atoms with Crippen LogP contribution in [-0.4, -0.2) is 48.8 Å². The van der Waals surface area contributed by atoms with Crippen LogP contribution < -0.4 is 15.1 Å². The van der Waals surface area contributed by atoms with Gasteiger partial charge in [0.15, 0.2) is 11.5 Å². The van der Waals surface area contributed by atoms with E-state index in [2.05, 4.69) is 32.2 Å². The summed E-state index contributed by atoms with van der Waals surface area (Å²) in [7, 11) is 0. The van der Waals surface area contributed by atoms with E-state index in [1.54, 1.807) is 18.2 Å². The van der Waals surface area contributed by atoms with Crippen LogP contribution in [0.2, 0.25) is 0 Å². The van der Waals surface area contributed by atoms with Crippen molar-refractivity contribution >= 4 is 17.4 Å². The van der Waals surface area contributed by atoms with Crippen molar-refractivity contribution in [3.8, 4) is 0 Å². The highest BCUT2D eigenvalue weighted by atomic mass is 19.1. The Bertz CT molecular complexity index is 712. The summed E-state index contributed by atoms with van der Waals surface area (Å²) in [6.45, 7) is 5.99. The number of unbranched alkanes of at least 4 members (excludes halogenated alkanes) is 1. The molecule has 1 aliphatic heterocycles. The van der Waals surface area contributed by atoms with E-state index in [1.165, 1.54) is 12.1 Å². The Morgan fingerprint density at radius 1 is 1.04 bits per heavy atom. The molecule has 1 saturated heterocycles. The van der Waals surface area contributed by atoms with Gasteiger partial charge < -0.3 is 15.1 Å². The number of hydrogen-bond acceptors (Lipinski definition) is 5. The summed E-state index contributed by atoms with van der Waals surface area (Å²) in [4.78, 5) is 16.3. The number of rotatable bonds is 6. The molecule has 1 aliphatic rings. The number of nitrogens with one attached hydrogen (secondary N) is 1. The first kappa shape index (κ1) is 18.1. The van der Waals surface area contributed by atoms with Crippen LogP contribution >= 0.6 is 0 Å². The summed E-state index contributed by atoms with van der Waals surface area (Å²) in [5.41, 5.74) is 1.37. The van der Waals surface area contributed by atoms with Crippen LogP contribution in [0.1, 0.15) is 30.3 Å². The smallest absolute Gasteiger partial charge is 0.271 e. The number of aromatic nitrogens is 2. The number of amides is 1. The summed E-state index contributed by atoms with van der Waals surface area (Å²) in [5, 5.41) is 11.1. The molecule has 1 amide bonds. The molecule has 2 heterocycles. The first-order valence-corrected chi connectivity index (χ1v) is 9.05. The maximum Gasteiger partial charge on any atom is 0.271 e. The molecule has 1 fully saturated rings. The zero-order chi connectivity index (χ0) is 18.4. The molecule has 2 aromatic rings.